The number of carbonyl (C=O) groups is 2. The monoisotopic (exact) mass is 525 g/mol. The molecule has 0 saturated carbocycles. The maximum atomic E-state index is 13.1. The van der Waals surface area contributed by atoms with Crippen LogP contribution in [0.15, 0.2) is 83.5 Å². The fraction of sp³-hybridized carbons (Fsp3) is 0.258. The topological polar surface area (TPSA) is 93.9 Å². The number of carbonyl (C=O) groups excluding carboxylic acids is 2. The predicted molar refractivity (Wildman–Crippen MR) is 147 cm³/mol. The molecule has 39 heavy (non-hydrogen) atoms. The fourth-order valence-corrected chi connectivity index (χ4v) is 4.74. The summed E-state index contributed by atoms with van der Waals surface area (Å²) in [5.41, 5.74) is 4.07. The van der Waals surface area contributed by atoms with E-state index in [1.165, 1.54) is 11.8 Å². The van der Waals surface area contributed by atoms with Gasteiger partial charge in [0.05, 0.1) is 13.2 Å². The number of rotatable bonds is 8. The molecule has 8 heteroatoms. The molecule has 0 radical (unpaired) electrons. The van der Waals surface area contributed by atoms with E-state index in [0.717, 1.165) is 17.5 Å². The first-order valence-corrected chi connectivity index (χ1v) is 12.9. The van der Waals surface area contributed by atoms with Crippen molar-refractivity contribution < 1.29 is 23.5 Å². The summed E-state index contributed by atoms with van der Waals surface area (Å²) in [7, 11) is 1.58. The van der Waals surface area contributed by atoms with E-state index in [-0.39, 0.29) is 42.0 Å². The summed E-state index contributed by atoms with van der Waals surface area (Å²) in [5.74, 6) is 1.26. The van der Waals surface area contributed by atoms with Gasteiger partial charge in [-0.1, -0.05) is 50.2 Å². The number of anilines is 1. The Bertz CT molecular complexity index is 1450. The zero-order valence-electron chi connectivity index (χ0n) is 22.2. The molecule has 1 unspecified atom stereocenters. The maximum Gasteiger partial charge on any atom is 0.277 e. The van der Waals surface area contributed by atoms with Gasteiger partial charge in [0.25, 0.3) is 5.91 Å². The van der Waals surface area contributed by atoms with Crippen LogP contribution in [-0.2, 0) is 17.8 Å². The lowest BCUT2D eigenvalue weighted by atomic mass is 9.87. The second kappa shape index (κ2) is 11.4. The standard InChI is InChI=1S/C31H31N3O5/c1-20(2)31(36)34-16-15-21-9-12-25(17-26(21)29(34)22-7-5-4-6-8-22)38-19-28-33-27(18-39-28)30(35)32-23-10-13-24(37-3)14-11-23/h4-14,17-18,20,29H,15-16,19H2,1-3H3,(H,32,35). The van der Waals surface area contributed by atoms with Crippen LogP contribution in [0.3, 0.4) is 0 Å². The first-order valence-electron chi connectivity index (χ1n) is 12.9. The molecule has 0 fully saturated rings. The Morgan fingerprint density at radius 2 is 1.79 bits per heavy atom. The van der Waals surface area contributed by atoms with Gasteiger partial charge in [-0.05, 0) is 59.5 Å². The maximum absolute atomic E-state index is 13.1. The molecule has 1 atom stereocenters. The molecule has 1 aliphatic rings. The second-order valence-electron chi connectivity index (χ2n) is 9.71. The summed E-state index contributed by atoms with van der Waals surface area (Å²) in [6, 6.07) is 22.9. The average molecular weight is 526 g/mol. The van der Waals surface area contributed by atoms with Gasteiger partial charge < -0.3 is 24.1 Å². The van der Waals surface area contributed by atoms with Crippen molar-refractivity contribution in [1.29, 1.82) is 0 Å². The number of aromatic nitrogens is 1. The van der Waals surface area contributed by atoms with Crippen molar-refractivity contribution in [2.45, 2.75) is 32.9 Å². The highest BCUT2D eigenvalue weighted by atomic mass is 16.5. The molecule has 1 N–H and O–H groups in total. The lowest BCUT2D eigenvalue weighted by Gasteiger charge is -2.39. The quantitative estimate of drug-likeness (QED) is 0.320. The fourth-order valence-electron chi connectivity index (χ4n) is 4.74. The predicted octanol–water partition coefficient (Wildman–Crippen LogP) is 5.64. The smallest absolute Gasteiger partial charge is 0.277 e. The number of amides is 2. The summed E-state index contributed by atoms with van der Waals surface area (Å²) in [6.45, 7) is 4.59. The van der Waals surface area contributed by atoms with Crippen molar-refractivity contribution in [2.75, 3.05) is 19.0 Å². The van der Waals surface area contributed by atoms with Crippen LogP contribution < -0.4 is 14.8 Å². The molecule has 2 amide bonds. The van der Waals surface area contributed by atoms with Crippen LogP contribution in [0, 0.1) is 5.92 Å². The Hall–Kier alpha value is -4.59. The Labute approximate surface area is 227 Å². The van der Waals surface area contributed by atoms with E-state index in [2.05, 4.69) is 28.5 Å². The number of benzene rings is 3. The molecule has 0 spiro atoms. The minimum atomic E-state index is -0.385. The summed E-state index contributed by atoms with van der Waals surface area (Å²) in [6.07, 6.45) is 2.09. The zero-order valence-corrected chi connectivity index (χ0v) is 22.2. The zero-order chi connectivity index (χ0) is 27.4. The Morgan fingerprint density at radius 3 is 2.51 bits per heavy atom. The van der Waals surface area contributed by atoms with Gasteiger partial charge in [-0.2, -0.15) is 0 Å². The molecule has 0 aliphatic carbocycles. The van der Waals surface area contributed by atoms with Crippen LogP contribution in [0.25, 0.3) is 0 Å². The molecule has 2 heterocycles. The van der Waals surface area contributed by atoms with Gasteiger partial charge in [0.2, 0.25) is 11.8 Å². The number of hydrogen-bond acceptors (Lipinski definition) is 6. The number of hydrogen-bond donors (Lipinski definition) is 1. The largest absolute Gasteiger partial charge is 0.497 e. The van der Waals surface area contributed by atoms with Crippen LogP contribution in [-0.4, -0.2) is 35.4 Å². The van der Waals surface area contributed by atoms with Crippen molar-refractivity contribution in [3.05, 3.63) is 107 Å². The summed E-state index contributed by atoms with van der Waals surface area (Å²) in [4.78, 5) is 32.0. The number of nitrogens with one attached hydrogen (secondary N) is 1. The summed E-state index contributed by atoms with van der Waals surface area (Å²) < 4.78 is 16.6. The van der Waals surface area contributed by atoms with Gasteiger partial charge in [0.15, 0.2) is 12.3 Å². The molecule has 200 valence electrons. The molecule has 4 aromatic rings. The number of fused-ring (bicyclic) bond motifs is 1. The molecule has 5 rings (SSSR count). The first kappa shape index (κ1) is 26.0. The van der Waals surface area contributed by atoms with Gasteiger partial charge in [-0.15, -0.1) is 0 Å². The lowest BCUT2D eigenvalue weighted by Crippen LogP contribution is -2.42. The van der Waals surface area contributed by atoms with E-state index in [4.69, 9.17) is 13.9 Å². The van der Waals surface area contributed by atoms with Crippen molar-refractivity contribution in [3.8, 4) is 11.5 Å². The normalized spacial score (nSPS) is 14.6. The third-order valence-electron chi connectivity index (χ3n) is 6.73. The molecule has 8 nitrogen and oxygen atoms in total. The summed E-state index contributed by atoms with van der Waals surface area (Å²) in [5, 5.41) is 2.78. The van der Waals surface area contributed by atoms with Crippen molar-refractivity contribution in [2.24, 2.45) is 5.92 Å². The van der Waals surface area contributed by atoms with Gasteiger partial charge in [-0.25, -0.2) is 4.98 Å². The van der Waals surface area contributed by atoms with Gasteiger partial charge >= 0.3 is 0 Å². The van der Waals surface area contributed by atoms with Crippen molar-refractivity contribution >= 4 is 17.5 Å². The van der Waals surface area contributed by atoms with E-state index in [9.17, 15) is 9.59 Å². The highest BCUT2D eigenvalue weighted by Crippen LogP contribution is 2.38. The molecule has 0 saturated heterocycles. The minimum Gasteiger partial charge on any atom is -0.497 e. The van der Waals surface area contributed by atoms with Crippen LogP contribution in [0.4, 0.5) is 5.69 Å². The Kier molecular flexibility index (Phi) is 7.63. The Balaban J connectivity index is 1.30. The second-order valence-corrected chi connectivity index (χ2v) is 9.71. The van der Waals surface area contributed by atoms with Crippen molar-refractivity contribution in [1.82, 2.24) is 9.88 Å². The number of methoxy groups -OCH3 is 1. The van der Waals surface area contributed by atoms with E-state index >= 15 is 0 Å². The van der Waals surface area contributed by atoms with Gasteiger partial charge in [0, 0.05) is 18.2 Å². The van der Waals surface area contributed by atoms with Crippen LogP contribution in [0.2, 0.25) is 0 Å². The number of oxazole rings is 1. The van der Waals surface area contributed by atoms with E-state index < -0.39 is 0 Å². The van der Waals surface area contributed by atoms with Crippen LogP contribution >= 0.6 is 0 Å². The third-order valence-corrected chi connectivity index (χ3v) is 6.73. The molecular weight excluding hydrogens is 494 g/mol. The molecule has 3 aromatic carbocycles. The van der Waals surface area contributed by atoms with E-state index in [0.29, 0.717) is 23.7 Å². The number of ether oxygens (including phenoxy) is 2. The Morgan fingerprint density at radius 1 is 1.05 bits per heavy atom. The SMILES string of the molecule is COc1ccc(NC(=O)c2coc(COc3ccc4c(c3)C(c3ccccc3)N(C(=O)C(C)C)CC4)n2)cc1. The number of nitrogens with zero attached hydrogens (tertiary/aromatic N) is 2. The third kappa shape index (κ3) is 5.80. The first-order chi connectivity index (χ1) is 18.9. The lowest BCUT2D eigenvalue weighted by molar-refractivity contribution is -0.136. The van der Waals surface area contributed by atoms with Crippen LogP contribution in [0.5, 0.6) is 11.5 Å². The molecule has 1 aromatic heterocycles. The van der Waals surface area contributed by atoms with Crippen LogP contribution in [0.1, 0.15) is 53.0 Å². The average Bonchev–Trinajstić information content (AvgIpc) is 3.45. The summed E-state index contributed by atoms with van der Waals surface area (Å²) >= 11 is 0. The molecular formula is C31H31N3O5. The van der Waals surface area contributed by atoms with Gasteiger partial charge in [0.1, 0.15) is 17.8 Å². The highest BCUT2D eigenvalue weighted by molar-refractivity contribution is 6.02. The molecule has 1 aliphatic heterocycles. The van der Waals surface area contributed by atoms with Gasteiger partial charge in [-0.3, -0.25) is 9.59 Å². The van der Waals surface area contributed by atoms with E-state index in [1.807, 2.05) is 49.1 Å². The van der Waals surface area contributed by atoms with E-state index in [1.54, 1.807) is 31.4 Å². The minimum absolute atomic E-state index is 0.0548. The molecule has 0 bridgehead atoms. The van der Waals surface area contributed by atoms with Crippen molar-refractivity contribution in [3.63, 3.8) is 0 Å². The highest BCUT2D eigenvalue weighted by Gasteiger charge is 2.33.